The van der Waals surface area contributed by atoms with Gasteiger partial charge in [0.25, 0.3) is 6.43 Å². The highest BCUT2D eigenvalue weighted by Gasteiger charge is 2.34. The Morgan fingerprint density at radius 2 is 2.06 bits per heavy atom. The van der Waals surface area contributed by atoms with Gasteiger partial charge in [0.1, 0.15) is 16.9 Å². The van der Waals surface area contributed by atoms with Crippen molar-refractivity contribution in [3.8, 4) is 10.7 Å². The molecule has 8 nitrogen and oxygen atoms in total. The third-order valence-electron chi connectivity index (χ3n) is 4.70. The van der Waals surface area contributed by atoms with E-state index in [2.05, 4.69) is 20.3 Å². The molecule has 3 heterocycles. The summed E-state index contributed by atoms with van der Waals surface area (Å²) in [7, 11) is -3.50. The number of hydrogen-bond acceptors (Lipinski definition) is 8. The second-order valence-corrected chi connectivity index (χ2v) is 11.2. The van der Waals surface area contributed by atoms with Gasteiger partial charge in [0.2, 0.25) is 16.0 Å². The lowest BCUT2D eigenvalue weighted by molar-refractivity contribution is 0.0818. The summed E-state index contributed by atoms with van der Waals surface area (Å²) in [5, 5.41) is 13.0. The molecule has 2 aromatic heterocycles. The Bertz CT molecular complexity index is 1030. The van der Waals surface area contributed by atoms with E-state index in [1.54, 1.807) is 13.8 Å². The first-order valence-electron chi connectivity index (χ1n) is 9.52. The minimum atomic E-state index is -3.50. The molecule has 2 atom stereocenters. The number of rotatable bonds is 7. The van der Waals surface area contributed by atoms with Gasteiger partial charge in [0.05, 0.1) is 23.5 Å². The summed E-state index contributed by atoms with van der Waals surface area (Å²) >= 11 is 1.13. The van der Waals surface area contributed by atoms with Crippen LogP contribution in [0, 0.1) is 0 Å². The summed E-state index contributed by atoms with van der Waals surface area (Å²) in [6, 6.07) is -0.759. The smallest absolute Gasteiger partial charge is 0.267 e. The van der Waals surface area contributed by atoms with Gasteiger partial charge in [-0.15, -0.1) is 11.3 Å². The molecule has 1 fully saturated rings. The van der Waals surface area contributed by atoms with Gasteiger partial charge in [-0.2, -0.15) is 4.31 Å². The normalized spacial score (nSPS) is 20.9. The van der Waals surface area contributed by atoms with E-state index in [0.29, 0.717) is 11.3 Å². The SMILES string of the molecule is CC(C)(O)Cc1cnc(-c2nc(N[C@H]3CCN(S(C)(=O)=O)C[C@H]3F)ncc2C(F)F)s1. The van der Waals surface area contributed by atoms with Crippen molar-refractivity contribution in [1.29, 1.82) is 0 Å². The van der Waals surface area contributed by atoms with Crippen LogP contribution in [-0.2, 0) is 16.4 Å². The molecule has 0 amide bonds. The van der Waals surface area contributed by atoms with Crippen LogP contribution in [0.3, 0.4) is 0 Å². The summed E-state index contributed by atoms with van der Waals surface area (Å²) in [5.74, 6) is -0.0425. The standard InChI is InChI=1S/C18H24F3N5O3S2/c1-18(2,27)6-10-7-22-16(30-10)14-11(15(20)21)8-23-17(25-14)24-13-4-5-26(9-12(13)19)31(3,28)29/h7-8,12-13,15,27H,4-6,9H2,1-3H3,(H,23,24,25)/t12-,13+/m1/s1. The van der Waals surface area contributed by atoms with Crippen LogP contribution in [0.1, 0.15) is 37.1 Å². The second kappa shape index (κ2) is 8.96. The first-order valence-corrected chi connectivity index (χ1v) is 12.2. The van der Waals surface area contributed by atoms with Crippen molar-refractivity contribution in [3.05, 3.63) is 22.8 Å². The third kappa shape index (κ3) is 6.11. The molecule has 0 radical (unpaired) electrons. The molecule has 2 aromatic rings. The van der Waals surface area contributed by atoms with Crippen LogP contribution >= 0.6 is 11.3 Å². The molecule has 172 valence electrons. The van der Waals surface area contributed by atoms with Gasteiger partial charge in [-0.1, -0.05) is 0 Å². The predicted octanol–water partition coefficient (Wildman–Crippen LogP) is 2.64. The average molecular weight is 480 g/mol. The summed E-state index contributed by atoms with van der Waals surface area (Å²) in [4.78, 5) is 12.9. The number of nitrogens with zero attached hydrogens (tertiary/aromatic N) is 4. The Hall–Kier alpha value is -1.83. The maximum absolute atomic E-state index is 14.5. The highest BCUT2D eigenvalue weighted by molar-refractivity contribution is 7.88. The van der Waals surface area contributed by atoms with Gasteiger partial charge in [-0.05, 0) is 20.3 Å². The monoisotopic (exact) mass is 479 g/mol. The molecular weight excluding hydrogens is 455 g/mol. The maximum Gasteiger partial charge on any atom is 0.267 e. The minimum absolute atomic E-state index is 0.0425. The number of thiazole rings is 1. The van der Waals surface area contributed by atoms with Gasteiger partial charge in [-0.3, -0.25) is 0 Å². The molecular formula is C18H24F3N5O3S2. The molecule has 1 aliphatic rings. The van der Waals surface area contributed by atoms with Crippen LogP contribution in [0.5, 0.6) is 0 Å². The highest BCUT2D eigenvalue weighted by atomic mass is 32.2. The van der Waals surface area contributed by atoms with E-state index in [9.17, 15) is 26.7 Å². The number of aliphatic hydroxyl groups is 1. The molecule has 1 saturated heterocycles. The number of anilines is 1. The molecule has 13 heteroatoms. The summed E-state index contributed by atoms with van der Waals surface area (Å²) in [5.41, 5.74) is -1.45. The number of piperidine rings is 1. The van der Waals surface area contributed by atoms with Gasteiger partial charge in [0.15, 0.2) is 0 Å². The fraction of sp³-hybridized carbons (Fsp3) is 0.611. The predicted molar refractivity (Wildman–Crippen MR) is 111 cm³/mol. The Labute approximate surface area is 182 Å². The second-order valence-electron chi connectivity index (χ2n) is 8.10. The number of halogens is 3. The van der Waals surface area contributed by atoms with Crippen molar-refractivity contribution < 1.29 is 26.7 Å². The fourth-order valence-corrected chi connectivity index (χ4v) is 5.22. The van der Waals surface area contributed by atoms with E-state index in [0.717, 1.165) is 28.1 Å². The van der Waals surface area contributed by atoms with Crippen molar-refractivity contribution in [1.82, 2.24) is 19.3 Å². The van der Waals surface area contributed by atoms with Gasteiger partial charge in [-0.25, -0.2) is 36.5 Å². The quantitative estimate of drug-likeness (QED) is 0.629. The topological polar surface area (TPSA) is 108 Å². The molecule has 0 aromatic carbocycles. The average Bonchev–Trinajstić information content (AvgIpc) is 3.08. The number of nitrogens with one attached hydrogen (secondary N) is 1. The zero-order valence-corrected chi connectivity index (χ0v) is 18.9. The van der Waals surface area contributed by atoms with Crippen LogP contribution in [0.15, 0.2) is 12.4 Å². The van der Waals surface area contributed by atoms with Gasteiger partial charge >= 0.3 is 0 Å². The molecule has 0 bridgehead atoms. The van der Waals surface area contributed by atoms with E-state index in [-0.39, 0.29) is 36.2 Å². The zero-order chi connectivity index (χ0) is 23.0. The molecule has 3 rings (SSSR count). The Balaban J connectivity index is 1.83. The third-order valence-corrected chi connectivity index (χ3v) is 6.98. The van der Waals surface area contributed by atoms with E-state index >= 15 is 0 Å². The fourth-order valence-electron chi connectivity index (χ4n) is 3.22. The van der Waals surface area contributed by atoms with Crippen molar-refractivity contribution in [2.24, 2.45) is 0 Å². The number of hydrogen-bond donors (Lipinski definition) is 2. The highest BCUT2D eigenvalue weighted by Crippen LogP contribution is 2.33. The molecule has 0 unspecified atom stereocenters. The number of sulfonamides is 1. The van der Waals surface area contributed by atoms with E-state index < -0.39 is 39.8 Å². The first-order chi connectivity index (χ1) is 14.3. The molecule has 0 spiro atoms. The van der Waals surface area contributed by atoms with Crippen LogP contribution in [0.4, 0.5) is 19.1 Å². The van der Waals surface area contributed by atoms with Crippen LogP contribution in [0.2, 0.25) is 0 Å². The summed E-state index contributed by atoms with van der Waals surface area (Å²) < 4.78 is 65.8. The molecule has 31 heavy (non-hydrogen) atoms. The van der Waals surface area contributed by atoms with Crippen molar-refractivity contribution >= 4 is 27.3 Å². The summed E-state index contributed by atoms with van der Waals surface area (Å²) in [6.07, 6.45) is -0.372. The van der Waals surface area contributed by atoms with E-state index in [1.165, 1.54) is 6.20 Å². The van der Waals surface area contributed by atoms with Crippen molar-refractivity contribution in [2.75, 3.05) is 24.7 Å². The lowest BCUT2D eigenvalue weighted by atomic mass is 10.1. The van der Waals surface area contributed by atoms with Crippen LogP contribution in [0.25, 0.3) is 10.7 Å². The number of aromatic nitrogens is 3. The maximum atomic E-state index is 14.5. The zero-order valence-electron chi connectivity index (χ0n) is 17.2. The Kier molecular flexibility index (Phi) is 6.89. The molecule has 2 N–H and O–H groups in total. The Morgan fingerprint density at radius 3 is 2.65 bits per heavy atom. The van der Waals surface area contributed by atoms with E-state index in [1.807, 2.05) is 0 Å². The summed E-state index contributed by atoms with van der Waals surface area (Å²) in [6.45, 7) is 3.09. The van der Waals surface area contributed by atoms with Crippen LogP contribution < -0.4 is 5.32 Å². The van der Waals surface area contributed by atoms with E-state index in [4.69, 9.17) is 0 Å². The lowest BCUT2D eigenvalue weighted by Gasteiger charge is -2.33. The number of alkyl halides is 3. The largest absolute Gasteiger partial charge is 0.390 e. The molecule has 1 aliphatic heterocycles. The van der Waals surface area contributed by atoms with Gasteiger partial charge in [0, 0.05) is 36.8 Å². The molecule has 0 aliphatic carbocycles. The van der Waals surface area contributed by atoms with Crippen molar-refractivity contribution in [3.63, 3.8) is 0 Å². The van der Waals surface area contributed by atoms with Gasteiger partial charge < -0.3 is 10.4 Å². The molecule has 0 saturated carbocycles. The van der Waals surface area contributed by atoms with Crippen molar-refractivity contribution in [2.45, 2.75) is 50.9 Å². The lowest BCUT2D eigenvalue weighted by Crippen LogP contribution is -2.49. The van der Waals surface area contributed by atoms with Crippen LogP contribution in [-0.4, -0.2) is 69.9 Å². The minimum Gasteiger partial charge on any atom is -0.390 e. The Morgan fingerprint density at radius 1 is 1.35 bits per heavy atom. The first kappa shape index (κ1) is 23.8.